The van der Waals surface area contributed by atoms with Gasteiger partial charge in [0.15, 0.2) is 0 Å². The minimum Gasteiger partial charge on any atom is -0.487 e. The molecule has 1 fully saturated rings. The smallest absolute Gasteiger partial charge is 0.338 e. The van der Waals surface area contributed by atoms with Crippen molar-refractivity contribution in [1.82, 2.24) is 10.2 Å². The molecule has 0 radical (unpaired) electrons. The summed E-state index contributed by atoms with van der Waals surface area (Å²) in [7, 11) is 1.33. The van der Waals surface area contributed by atoms with Gasteiger partial charge >= 0.3 is 12.0 Å². The lowest BCUT2D eigenvalue weighted by atomic mass is 9.94. The first-order valence-electron chi connectivity index (χ1n) is 9.71. The number of nitrogens with one attached hydrogen (secondary N) is 1. The number of carbonyl (C=O) groups is 2. The fourth-order valence-corrected chi connectivity index (χ4v) is 3.57. The van der Waals surface area contributed by atoms with Gasteiger partial charge < -0.3 is 14.8 Å². The summed E-state index contributed by atoms with van der Waals surface area (Å²) < 4.78 is 11.0. The molecule has 1 aliphatic heterocycles. The summed E-state index contributed by atoms with van der Waals surface area (Å²) in [6.07, 6.45) is 1.75. The average molecular weight is 403 g/mol. The van der Waals surface area contributed by atoms with Crippen LogP contribution in [0.1, 0.15) is 30.0 Å². The Labute approximate surface area is 174 Å². The van der Waals surface area contributed by atoms with Gasteiger partial charge in [-0.15, -0.1) is 0 Å². The number of esters is 1. The average Bonchev–Trinajstić information content (AvgIpc) is 3.62. The number of amides is 2. The molecular formula is C23H21N3O4. The zero-order valence-electron chi connectivity index (χ0n) is 16.5. The van der Waals surface area contributed by atoms with E-state index in [-0.39, 0.29) is 18.7 Å². The fourth-order valence-electron chi connectivity index (χ4n) is 3.57. The summed E-state index contributed by atoms with van der Waals surface area (Å²) in [5.41, 5.74) is 2.19. The third kappa shape index (κ3) is 3.85. The first-order chi connectivity index (χ1) is 14.6. The van der Waals surface area contributed by atoms with Crippen molar-refractivity contribution >= 4 is 12.0 Å². The summed E-state index contributed by atoms with van der Waals surface area (Å²) in [5.74, 6) is 0.0386. The van der Waals surface area contributed by atoms with Crippen molar-refractivity contribution in [2.75, 3.05) is 13.7 Å². The van der Waals surface area contributed by atoms with Crippen LogP contribution < -0.4 is 10.1 Å². The van der Waals surface area contributed by atoms with E-state index < -0.39 is 12.0 Å². The van der Waals surface area contributed by atoms with E-state index in [0.717, 1.165) is 18.4 Å². The summed E-state index contributed by atoms with van der Waals surface area (Å²) in [5, 5.41) is 11.9. The molecule has 0 saturated heterocycles. The van der Waals surface area contributed by atoms with E-state index in [1.165, 1.54) is 7.11 Å². The van der Waals surface area contributed by atoms with Crippen LogP contribution in [-0.2, 0) is 9.53 Å². The molecule has 30 heavy (non-hydrogen) atoms. The number of carbonyl (C=O) groups excluding carboxylic acids is 2. The number of methoxy groups -OCH3 is 1. The molecule has 1 unspecified atom stereocenters. The highest BCUT2D eigenvalue weighted by atomic mass is 16.5. The molecule has 1 N–H and O–H groups in total. The molecule has 152 valence electrons. The van der Waals surface area contributed by atoms with Crippen LogP contribution in [-0.4, -0.2) is 36.7 Å². The van der Waals surface area contributed by atoms with Crippen LogP contribution >= 0.6 is 0 Å². The molecule has 0 spiro atoms. The maximum absolute atomic E-state index is 13.0. The molecule has 0 aromatic heterocycles. The van der Waals surface area contributed by atoms with Gasteiger partial charge in [0.1, 0.15) is 12.4 Å². The maximum Gasteiger partial charge on any atom is 0.338 e. The van der Waals surface area contributed by atoms with E-state index >= 15 is 0 Å². The Morgan fingerprint density at radius 3 is 2.47 bits per heavy atom. The highest BCUT2D eigenvalue weighted by Crippen LogP contribution is 2.38. The molecule has 1 atom stereocenters. The minimum absolute atomic E-state index is 0.0313. The molecular weight excluding hydrogens is 382 g/mol. The Morgan fingerprint density at radius 1 is 1.17 bits per heavy atom. The molecule has 1 aliphatic carbocycles. The second-order valence-electron chi connectivity index (χ2n) is 7.17. The Hall–Kier alpha value is -3.79. The number of ether oxygens (including phenoxy) is 2. The van der Waals surface area contributed by atoms with Crippen molar-refractivity contribution in [3.8, 4) is 11.8 Å². The van der Waals surface area contributed by atoms with Gasteiger partial charge in [0.2, 0.25) is 0 Å². The second kappa shape index (κ2) is 8.29. The summed E-state index contributed by atoms with van der Waals surface area (Å²) in [6.45, 7) is 0.0313. The molecule has 2 aromatic rings. The van der Waals surface area contributed by atoms with Crippen LogP contribution in [0.25, 0.3) is 0 Å². The third-order valence-corrected chi connectivity index (χ3v) is 5.19. The zero-order chi connectivity index (χ0) is 21.1. The van der Waals surface area contributed by atoms with Gasteiger partial charge in [-0.1, -0.05) is 30.3 Å². The highest BCUT2D eigenvalue weighted by molar-refractivity contribution is 5.95. The zero-order valence-corrected chi connectivity index (χ0v) is 16.5. The Bertz CT molecular complexity index is 1020. The number of urea groups is 1. The van der Waals surface area contributed by atoms with Gasteiger partial charge in [0.05, 0.1) is 36.1 Å². The number of benzene rings is 2. The largest absolute Gasteiger partial charge is 0.487 e. The van der Waals surface area contributed by atoms with Crippen molar-refractivity contribution in [2.24, 2.45) is 0 Å². The van der Waals surface area contributed by atoms with Crippen LogP contribution in [0.3, 0.4) is 0 Å². The number of nitrogens with zero attached hydrogens (tertiary/aromatic N) is 2. The number of rotatable bonds is 6. The summed E-state index contributed by atoms with van der Waals surface area (Å²) in [6, 6.07) is 17.2. The lowest BCUT2D eigenvalue weighted by molar-refractivity contribution is -0.136. The van der Waals surface area contributed by atoms with E-state index in [9.17, 15) is 9.59 Å². The molecule has 1 heterocycles. The predicted molar refractivity (Wildman–Crippen MR) is 108 cm³/mol. The van der Waals surface area contributed by atoms with Crippen molar-refractivity contribution in [3.63, 3.8) is 0 Å². The van der Waals surface area contributed by atoms with Gasteiger partial charge in [-0.3, -0.25) is 4.90 Å². The normalized spacial score (nSPS) is 18.5. The Kier molecular flexibility index (Phi) is 5.40. The van der Waals surface area contributed by atoms with Crippen LogP contribution in [0.2, 0.25) is 0 Å². The number of nitriles is 1. The van der Waals surface area contributed by atoms with Gasteiger partial charge in [-0.2, -0.15) is 5.26 Å². The van der Waals surface area contributed by atoms with Crippen LogP contribution in [0.15, 0.2) is 65.9 Å². The third-order valence-electron chi connectivity index (χ3n) is 5.19. The molecule has 2 aliphatic rings. The molecule has 0 bridgehead atoms. The van der Waals surface area contributed by atoms with Gasteiger partial charge in [0.25, 0.3) is 0 Å². The van der Waals surface area contributed by atoms with Crippen LogP contribution in [0, 0.1) is 11.3 Å². The quantitative estimate of drug-likeness (QED) is 0.748. The summed E-state index contributed by atoms with van der Waals surface area (Å²) >= 11 is 0. The molecule has 2 amide bonds. The molecule has 7 heteroatoms. The first-order valence-corrected chi connectivity index (χ1v) is 9.71. The van der Waals surface area contributed by atoms with Gasteiger partial charge in [-0.25, -0.2) is 9.59 Å². The second-order valence-corrected chi connectivity index (χ2v) is 7.17. The number of hydrogen-bond donors (Lipinski definition) is 1. The van der Waals surface area contributed by atoms with Crippen molar-refractivity contribution < 1.29 is 19.1 Å². The lowest BCUT2D eigenvalue weighted by Crippen LogP contribution is -2.50. The van der Waals surface area contributed by atoms with Crippen LogP contribution in [0.4, 0.5) is 4.79 Å². The fraction of sp³-hybridized carbons (Fsp3) is 0.261. The topological polar surface area (TPSA) is 91.7 Å². The van der Waals surface area contributed by atoms with E-state index in [0.29, 0.717) is 22.6 Å². The number of hydrogen-bond acceptors (Lipinski definition) is 5. The molecule has 1 saturated carbocycles. The van der Waals surface area contributed by atoms with E-state index in [1.54, 1.807) is 29.2 Å². The van der Waals surface area contributed by atoms with E-state index in [2.05, 4.69) is 11.4 Å². The molecule has 2 aromatic carbocycles. The van der Waals surface area contributed by atoms with Crippen LogP contribution in [0.5, 0.6) is 5.75 Å². The SMILES string of the molecule is COC(=O)C1=C(COc2ccc(C#N)cc2)N(C2CC2)C(=O)NC1c1ccccc1. The predicted octanol–water partition coefficient (Wildman–Crippen LogP) is 3.29. The lowest BCUT2D eigenvalue weighted by Gasteiger charge is -2.36. The Morgan fingerprint density at radius 2 is 1.87 bits per heavy atom. The standard InChI is InChI=1S/C23H21N3O4/c1-29-22(27)20-19(14-30-18-11-7-15(13-24)8-12-18)26(17-9-10-17)23(28)25-21(20)16-5-3-2-4-6-16/h2-8,11-12,17,21H,9-10,14H2,1H3,(H,25,28). The maximum atomic E-state index is 13.0. The first kappa shape index (κ1) is 19.5. The van der Waals surface area contributed by atoms with Gasteiger partial charge in [0, 0.05) is 6.04 Å². The van der Waals surface area contributed by atoms with Gasteiger partial charge in [-0.05, 0) is 42.7 Å². The van der Waals surface area contributed by atoms with Crippen molar-refractivity contribution in [2.45, 2.75) is 24.9 Å². The highest BCUT2D eigenvalue weighted by Gasteiger charge is 2.44. The van der Waals surface area contributed by atoms with Crippen molar-refractivity contribution in [3.05, 3.63) is 77.0 Å². The summed E-state index contributed by atoms with van der Waals surface area (Å²) in [4.78, 5) is 27.4. The Balaban J connectivity index is 1.73. The van der Waals surface area contributed by atoms with E-state index in [4.69, 9.17) is 14.7 Å². The molecule has 4 rings (SSSR count). The van der Waals surface area contributed by atoms with Crippen molar-refractivity contribution in [1.29, 1.82) is 5.26 Å². The molecule has 7 nitrogen and oxygen atoms in total. The van der Waals surface area contributed by atoms with E-state index in [1.807, 2.05) is 30.3 Å². The minimum atomic E-state index is -0.624. The monoisotopic (exact) mass is 403 g/mol.